The minimum atomic E-state index is -4.47. The van der Waals surface area contributed by atoms with Crippen molar-refractivity contribution >= 4 is 24.0 Å². The molecule has 0 aliphatic carbocycles. The highest BCUT2D eigenvalue weighted by Gasteiger charge is 2.26. The number of carbonyl (C=O) groups is 1. The van der Waals surface area contributed by atoms with E-state index in [1.165, 1.54) is 30.3 Å². The van der Waals surface area contributed by atoms with Crippen LogP contribution in [0.25, 0.3) is 0 Å². The molecule has 0 radical (unpaired) electrons. The Kier molecular flexibility index (Phi) is 5.72. The predicted octanol–water partition coefficient (Wildman–Crippen LogP) is 3.66. The Morgan fingerprint density at radius 2 is 1.67 bits per heavy atom. The lowest BCUT2D eigenvalue weighted by atomic mass is 9.88. The number of hydrogen-bond acceptors (Lipinski definition) is 5. The number of ketones is 1. The Bertz CT molecular complexity index is 784. The lowest BCUT2D eigenvalue weighted by Crippen LogP contribution is -2.13. The highest BCUT2D eigenvalue weighted by molar-refractivity contribution is 8.54. The van der Waals surface area contributed by atoms with Gasteiger partial charge in [-0.3, -0.25) is 4.79 Å². The smallest absolute Gasteiger partial charge is 0.388 e. The van der Waals surface area contributed by atoms with Crippen molar-refractivity contribution < 1.29 is 29.4 Å². The third-order valence-corrected chi connectivity index (χ3v) is 5.54. The second-order valence-electron chi connectivity index (χ2n) is 5.18. The summed E-state index contributed by atoms with van der Waals surface area (Å²) in [4.78, 5) is 31.2. The maximum Gasteiger partial charge on any atom is 0.388 e. The van der Waals surface area contributed by atoms with Gasteiger partial charge in [-0.15, -0.1) is 0 Å². The number of hydrogen-bond donors (Lipinski definition) is 4. The fourth-order valence-corrected chi connectivity index (χ4v) is 4.30. The van der Waals surface area contributed by atoms with Gasteiger partial charge in [0.25, 0.3) is 0 Å². The van der Waals surface area contributed by atoms with Gasteiger partial charge in [0.1, 0.15) is 11.5 Å². The van der Waals surface area contributed by atoms with E-state index in [1.54, 1.807) is 12.1 Å². The Morgan fingerprint density at radius 1 is 1.08 bits per heavy atom. The molecule has 0 fully saturated rings. The van der Waals surface area contributed by atoms with Gasteiger partial charge in [-0.05, 0) is 53.7 Å². The number of Topliss-reactive ketones (excluding diaryl/α,β-unsaturated/α-hetero) is 1. The van der Waals surface area contributed by atoms with E-state index in [1.807, 2.05) is 6.92 Å². The van der Waals surface area contributed by atoms with Gasteiger partial charge >= 0.3 is 6.80 Å². The van der Waals surface area contributed by atoms with Gasteiger partial charge in [-0.2, -0.15) is 0 Å². The molecule has 0 aliphatic rings. The Balaban J connectivity index is 2.43. The number of carbonyl (C=O) groups excluding carboxylic acids is 1. The van der Waals surface area contributed by atoms with Crippen LogP contribution < -0.4 is 0 Å². The summed E-state index contributed by atoms with van der Waals surface area (Å²) in [5.41, 5.74) is 0.835. The molecule has 0 aliphatic heterocycles. The van der Waals surface area contributed by atoms with Crippen molar-refractivity contribution in [3.63, 3.8) is 0 Å². The van der Waals surface area contributed by atoms with E-state index >= 15 is 0 Å². The van der Waals surface area contributed by atoms with Crippen LogP contribution in [0.15, 0.2) is 47.4 Å². The van der Waals surface area contributed by atoms with Crippen LogP contribution in [-0.2, 0) is 4.57 Å². The lowest BCUT2D eigenvalue weighted by molar-refractivity contribution is 0.0954. The molecule has 0 heterocycles. The SMILES string of the molecule is CCC(C(=O)c1ccc(O)cc1SP(=O)(O)O)c1ccc(O)cc1. The van der Waals surface area contributed by atoms with E-state index in [9.17, 15) is 19.6 Å². The molecule has 6 nitrogen and oxygen atoms in total. The van der Waals surface area contributed by atoms with Crippen LogP contribution in [0.4, 0.5) is 0 Å². The largest absolute Gasteiger partial charge is 0.508 e. The third kappa shape index (κ3) is 4.61. The van der Waals surface area contributed by atoms with Crippen LogP contribution in [0.2, 0.25) is 0 Å². The van der Waals surface area contributed by atoms with Crippen LogP contribution >= 0.6 is 18.2 Å². The normalized spacial score (nSPS) is 12.8. The van der Waals surface area contributed by atoms with Crippen molar-refractivity contribution in [2.75, 3.05) is 0 Å². The van der Waals surface area contributed by atoms with Crippen LogP contribution in [0, 0.1) is 0 Å². The maximum atomic E-state index is 12.9. The zero-order valence-corrected chi connectivity index (χ0v) is 14.5. The molecule has 0 saturated heterocycles. The molecule has 2 aromatic carbocycles. The zero-order valence-electron chi connectivity index (χ0n) is 12.8. The van der Waals surface area contributed by atoms with Crippen molar-refractivity contribution in [3.8, 4) is 11.5 Å². The van der Waals surface area contributed by atoms with Gasteiger partial charge in [0.2, 0.25) is 0 Å². The first-order valence-electron chi connectivity index (χ1n) is 7.12. The summed E-state index contributed by atoms with van der Waals surface area (Å²) in [6.07, 6.45) is 0.477. The molecule has 0 bridgehead atoms. The molecular formula is C16H17O6PS. The van der Waals surface area contributed by atoms with Gasteiger partial charge in [0.15, 0.2) is 5.78 Å². The Hall–Kier alpha value is -1.79. The molecule has 2 aromatic rings. The van der Waals surface area contributed by atoms with E-state index in [-0.39, 0.29) is 39.1 Å². The van der Waals surface area contributed by atoms with Crippen molar-refractivity contribution in [2.24, 2.45) is 0 Å². The van der Waals surface area contributed by atoms with Crippen LogP contribution in [0.1, 0.15) is 35.2 Å². The monoisotopic (exact) mass is 368 g/mol. The molecule has 24 heavy (non-hydrogen) atoms. The third-order valence-electron chi connectivity index (χ3n) is 3.47. The Morgan fingerprint density at radius 3 is 2.21 bits per heavy atom. The summed E-state index contributed by atoms with van der Waals surface area (Å²) in [5.74, 6) is -0.922. The molecule has 1 atom stereocenters. The first-order chi connectivity index (χ1) is 11.2. The predicted molar refractivity (Wildman–Crippen MR) is 91.5 cm³/mol. The average molecular weight is 368 g/mol. The van der Waals surface area contributed by atoms with Crippen LogP contribution in [-0.4, -0.2) is 25.8 Å². The summed E-state index contributed by atoms with van der Waals surface area (Å²) >= 11 is 0.241. The van der Waals surface area contributed by atoms with Crippen LogP contribution in [0.3, 0.4) is 0 Å². The summed E-state index contributed by atoms with van der Waals surface area (Å²) in [6, 6.07) is 10.1. The molecular weight excluding hydrogens is 351 g/mol. The zero-order chi connectivity index (χ0) is 17.9. The first kappa shape index (κ1) is 18.5. The molecule has 8 heteroatoms. The summed E-state index contributed by atoms with van der Waals surface area (Å²) in [5, 5.41) is 18.9. The number of phenols is 2. The molecule has 0 spiro atoms. The highest BCUT2D eigenvalue weighted by Crippen LogP contribution is 2.56. The van der Waals surface area contributed by atoms with Crippen molar-refractivity contribution in [3.05, 3.63) is 53.6 Å². The molecule has 1 unspecified atom stereocenters. The van der Waals surface area contributed by atoms with Gasteiger partial charge in [-0.1, -0.05) is 19.1 Å². The molecule has 0 amide bonds. The molecule has 4 N–H and O–H groups in total. The topological polar surface area (TPSA) is 115 Å². The average Bonchev–Trinajstić information content (AvgIpc) is 2.48. The van der Waals surface area contributed by atoms with E-state index in [0.29, 0.717) is 12.0 Å². The van der Waals surface area contributed by atoms with E-state index in [2.05, 4.69) is 0 Å². The number of benzene rings is 2. The van der Waals surface area contributed by atoms with Crippen LogP contribution in [0.5, 0.6) is 11.5 Å². The van der Waals surface area contributed by atoms with Gasteiger partial charge in [-0.25, -0.2) is 4.57 Å². The second-order valence-corrected chi connectivity index (χ2v) is 8.76. The van der Waals surface area contributed by atoms with Gasteiger partial charge < -0.3 is 20.0 Å². The van der Waals surface area contributed by atoms with E-state index < -0.39 is 12.7 Å². The minimum absolute atomic E-state index is 0.0329. The standard InChI is InChI=1S/C16H17O6PS/c1-2-13(10-3-5-11(17)6-4-10)16(19)14-8-7-12(18)9-15(14)24-23(20,21)22/h3-9,13,17-18H,2H2,1H3,(H2,20,21,22). The maximum absolute atomic E-state index is 12.9. The molecule has 0 saturated carbocycles. The number of phenolic OH excluding ortho intramolecular Hbond substituents is 2. The van der Waals surface area contributed by atoms with Gasteiger partial charge in [0.05, 0.1) is 0 Å². The van der Waals surface area contributed by atoms with E-state index in [4.69, 9.17) is 9.79 Å². The van der Waals surface area contributed by atoms with Gasteiger partial charge in [0, 0.05) is 16.4 Å². The highest BCUT2D eigenvalue weighted by atomic mass is 32.7. The molecule has 2 rings (SSSR count). The molecule has 128 valence electrons. The Labute approximate surface area is 143 Å². The molecule has 0 aromatic heterocycles. The number of rotatable bonds is 6. The lowest BCUT2D eigenvalue weighted by Gasteiger charge is -2.17. The van der Waals surface area contributed by atoms with E-state index in [0.717, 1.165) is 0 Å². The number of aromatic hydroxyl groups is 2. The summed E-state index contributed by atoms with van der Waals surface area (Å²) in [7, 11) is 0. The summed E-state index contributed by atoms with van der Waals surface area (Å²) < 4.78 is 11.3. The minimum Gasteiger partial charge on any atom is -0.508 e. The first-order valence-corrected chi connectivity index (χ1v) is 10.2. The van der Waals surface area contributed by atoms with Crippen molar-refractivity contribution in [2.45, 2.75) is 24.2 Å². The fraction of sp³-hybridized carbons (Fsp3) is 0.188. The fourth-order valence-electron chi connectivity index (χ4n) is 2.39. The van der Waals surface area contributed by atoms with Crippen molar-refractivity contribution in [1.29, 1.82) is 0 Å². The summed E-state index contributed by atoms with van der Waals surface area (Å²) in [6.45, 7) is -2.65. The quantitative estimate of drug-likeness (QED) is 0.454. The second kappa shape index (κ2) is 7.40. The van der Waals surface area contributed by atoms with Crippen molar-refractivity contribution in [1.82, 2.24) is 0 Å².